The summed E-state index contributed by atoms with van der Waals surface area (Å²) in [5.41, 5.74) is 6.92. The van der Waals surface area contributed by atoms with Gasteiger partial charge in [-0.25, -0.2) is 0 Å². The molecule has 2 atom stereocenters. The van der Waals surface area contributed by atoms with Gasteiger partial charge in [0.15, 0.2) is 0 Å². The second kappa shape index (κ2) is 5.71. The van der Waals surface area contributed by atoms with Crippen molar-refractivity contribution in [3.63, 3.8) is 0 Å². The fraction of sp³-hybridized carbons (Fsp3) is 1.00. The van der Waals surface area contributed by atoms with Crippen LogP contribution in [0.2, 0.25) is 0 Å². The van der Waals surface area contributed by atoms with Gasteiger partial charge in [-0.3, -0.25) is 4.90 Å². The van der Waals surface area contributed by atoms with Crippen LogP contribution in [0.5, 0.6) is 0 Å². The molecule has 0 aromatic heterocycles. The number of rotatable bonds is 6. The predicted molar refractivity (Wildman–Crippen MR) is 76.1 cm³/mol. The molecule has 1 aliphatic rings. The fourth-order valence-electron chi connectivity index (χ4n) is 4.02. The van der Waals surface area contributed by atoms with E-state index in [4.69, 9.17) is 5.73 Å². The third-order valence-electron chi connectivity index (χ3n) is 4.53. The maximum absolute atomic E-state index is 6.20. The summed E-state index contributed by atoms with van der Waals surface area (Å²) in [5, 5.41) is 0. The zero-order chi connectivity index (χ0) is 13.1. The third-order valence-corrected chi connectivity index (χ3v) is 4.53. The normalized spacial score (nSPS) is 32.3. The Kier molecular flexibility index (Phi) is 5.03. The predicted octanol–water partition coefficient (Wildman–Crippen LogP) is 3.26. The standard InChI is InChI=1S/C15H32N2/c1-6-8-17(9-7-2)15(12-16)11-14(4,5)10-13(15)3/h13H,6-12,16H2,1-5H3. The molecule has 0 amide bonds. The monoisotopic (exact) mass is 240 g/mol. The Bertz CT molecular complexity index is 231. The summed E-state index contributed by atoms with van der Waals surface area (Å²) < 4.78 is 0. The minimum absolute atomic E-state index is 0.259. The van der Waals surface area contributed by atoms with E-state index >= 15 is 0 Å². The van der Waals surface area contributed by atoms with Crippen LogP contribution in [-0.2, 0) is 0 Å². The average Bonchev–Trinajstić information content (AvgIpc) is 2.49. The second-order valence-corrected chi connectivity index (χ2v) is 6.74. The molecule has 2 heteroatoms. The summed E-state index contributed by atoms with van der Waals surface area (Å²) in [4.78, 5) is 2.69. The Morgan fingerprint density at radius 3 is 2.00 bits per heavy atom. The molecule has 0 aromatic carbocycles. The first-order valence-corrected chi connectivity index (χ1v) is 7.37. The van der Waals surface area contributed by atoms with Crippen LogP contribution in [0.3, 0.4) is 0 Å². The molecule has 1 saturated carbocycles. The summed E-state index contributed by atoms with van der Waals surface area (Å²) in [6.45, 7) is 15.0. The van der Waals surface area contributed by atoms with E-state index in [1.165, 1.54) is 38.8 Å². The van der Waals surface area contributed by atoms with Gasteiger partial charge in [0.05, 0.1) is 0 Å². The van der Waals surface area contributed by atoms with E-state index < -0.39 is 0 Å². The molecule has 1 fully saturated rings. The highest BCUT2D eigenvalue weighted by Gasteiger charge is 2.50. The second-order valence-electron chi connectivity index (χ2n) is 6.74. The molecule has 17 heavy (non-hydrogen) atoms. The summed E-state index contributed by atoms with van der Waals surface area (Å²) in [7, 11) is 0. The third kappa shape index (κ3) is 3.03. The van der Waals surface area contributed by atoms with Crippen molar-refractivity contribution in [1.82, 2.24) is 4.90 Å². The van der Waals surface area contributed by atoms with Gasteiger partial charge in [0.1, 0.15) is 0 Å². The number of nitrogens with two attached hydrogens (primary N) is 1. The zero-order valence-corrected chi connectivity index (χ0v) is 12.6. The highest BCUT2D eigenvalue weighted by Crippen LogP contribution is 2.50. The van der Waals surface area contributed by atoms with Gasteiger partial charge in [-0.1, -0.05) is 34.6 Å². The Morgan fingerprint density at radius 1 is 1.18 bits per heavy atom. The van der Waals surface area contributed by atoms with Crippen molar-refractivity contribution in [2.24, 2.45) is 17.1 Å². The van der Waals surface area contributed by atoms with E-state index in [1.54, 1.807) is 0 Å². The van der Waals surface area contributed by atoms with Crippen molar-refractivity contribution < 1.29 is 0 Å². The molecular weight excluding hydrogens is 208 g/mol. The van der Waals surface area contributed by atoms with Gasteiger partial charge in [0.25, 0.3) is 0 Å². The van der Waals surface area contributed by atoms with Crippen molar-refractivity contribution in [2.75, 3.05) is 19.6 Å². The van der Waals surface area contributed by atoms with Crippen LogP contribution >= 0.6 is 0 Å². The lowest BCUT2D eigenvalue weighted by molar-refractivity contribution is 0.0586. The van der Waals surface area contributed by atoms with E-state index in [0.717, 1.165) is 12.5 Å². The van der Waals surface area contributed by atoms with Crippen LogP contribution < -0.4 is 5.73 Å². The number of hydrogen-bond acceptors (Lipinski definition) is 2. The quantitative estimate of drug-likeness (QED) is 0.772. The Hall–Kier alpha value is -0.0800. The molecular formula is C15H32N2. The van der Waals surface area contributed by atoms with Gasteiger partial charge in [0.2, 0.25) is 0 Å². The smallest absolute Gasteiger partial charge is 0.0362 e. The van der Waals surface area contributed by atoms with Gasteiger partial charge in [0, 0.05) is 12.1 Å². The lowest BCUT2D eigenvalue weighted by atomic mass is 9.84. The molecule has 0 aliphatic heterocycles. The summed E-state index contributed by atoms with van der Waals surface area (Å²) in [6, 6.07) is 0. The molecule has 1 rings (SSSR count). The molecule has 0 heterocycles. The van der Waals surface area contributed by atoms with E-state index in [9.17, 15) is 0 Å². The van der Waals surface area contributed by atoms with E-state index in [0.29, 0.717) is 5.41 Å². The summed E-state index contributed by atoms with van der Waals surface area (Å²) in [6.07, 6.45) is 5.04. The lowest BCUT2D eigenvalue weighted by Crippen LogP contribution is -2.56. The van der Waals surface area contributed by atoms with Gasteiger partial charge in [-0.2, -0.15) is 0 Å². The van der Waals surface area contributed by atoms with Crippen LogP contribution in [0, 0.1) is 11.3 Å². The Labute approximate surface area is 108 Å². The lowest BCUT2D eigenvalue weighted by Gasteiger charge is -2.44. The van der Waals surface area contributed by atoms with E-state index in [2.05, 4.69) is 39.5 Å². The van der Waals surface area contributed by atoms with Crippen LogP contribution in [0.15, 0.2) is 0 Å². The highest BCUT2D eigenvalue weighted by molar-refractivity contribution is 5.06. The molecule has 0 aromatic rings. The van der Waals surface area contributed by atoms with Gasteiger partial charge in [-0.05, 0) is 50.1 Å². The Morgan fingerprint density at radius 2 is 1.71 bits per heavy atom. The number of hydrogen-bond donors (Lipinski definition) is 1. The largest absolute Gasteiger partial charge is 0.329 e. The molecule has 0 saturated heterocycles. The van der Waals surface area contributed by atoms with Crippen molar-refractivity contribution in [3.8, 4) is 0 Å². The van der Waals surface area contributed by atoms with Gasteiger partial charge in [-0.15, -0.1) is 0 Å². The topological polar surface area (TPSA) is 29.3 Å². The molecule has 2 unspecified atom stereocenters. The summed E-state index contributed by atoms with van der Waals surface area (Å²) in [5.74, 6) is 0.723. The minimum Gasteiger partial charge on any atom is -0.329 e. The maximum Gasteiger partial charge on any atom is 0.0362 e. The molecule has 2 nitrogen and oxygen atoms in total. The highest BCUT2D eigenvalue weighted by atomic mass is 15.2. The van der Waals surface area contributed by atoms with Crippen molar-refractivity contribution in [1.29, 1.82) is 0 Å². The van der Waals surface area contributed by atoms with Crippen LogP contribution in [-0.4, -0.2) is 30.1 Å². The van der Waals surface area contributed by atoms with E-state index in [-0.39, 0.29) is 5.54 Å². The molecule has 0 spiro atoms. The van der Waals surface area contributed by atoms with Crippen LogP contribution in [0.4, 0.5) is 0 Å². The first-order chi connectivity index (χ1) is 7.91. The van der Waals surface area contributed by atoms with E-state index in [1.807, 2.05) is 0 Å². The molecule has 0 bridgehead atoms. The molecule has 2 N–H and O–H groups in total. The van der Waals surface area contributed by atoms with Crippen LogP contribution in [0.1, 0.15) is 60.3 Å². The first kappa shape index (κ1) is 15.0. The molecule has 102 valence electrons. The van der Waals surface area contributed by atoms with Gasteiger partial charge >= 0.3 is 0 Å². The van der Waals surface area contributed by atoms with Crippen molar-refractivity contribution in [3.05, 3.63) is 0 Å². The van der Waals surface area contributed by atoms with Crippen molar-refractivity contribution in [2.45, 2.75) is 65.8 Å². The van der Waals surface area contributed by atoms with Crippen LogP contribution in [0.25, 0.3) is 0 Å². The van der Waals surface area contributed by atoms with Crippen molar-refractivity contribution >= 4 is 0 Å². The molecule has 1 aliphatic carbocycles. The fourth-order valence-corrected chi connectivity index (χ4v) is 4.02. The SMILES string of the molecule is CCCN(CCC)C1(CN)CC(C)(C)CC1C. The van der Waals surface area contributed by atoms with Gasteiger partial charge < -0.3 is 5.73 Å². The molecule has 0 radical (unpaired) electrons. The zero-order valence-electron chi connectivity index (χ0n) is 12.6. The average molecular weight is 240 g/mol. The maximum atomic E-state index is 6.20. The number of nitrogens with zero attached hydrogens (tertiary/aromatic N) is 1. The first-order valence-electron chi connectivity index (χ1n) is 7.37. The summed E-state index contributed by atoms with van der Waals surface area (Å²) >= 11 is 0. The Balaban J connectivity index is 2.92. The minimum atomic E-state index is 0.259.